The number of carbonyl (C=O) groups excluding carboxylic acids is 1. The lowest BCUT2D eigenvalue weighted by Crippen LogP contribution is -2.32. The van der Waals surface area contributed by atoms with Crippen molar-refractivity contribution >= 4 is 27.3 Å². The first-order valence-corrected chi connectivity index (χ1v) is 10.7. The predicted molar refractivity (Wildman–Crippen MR) is 109 cm³/mol. The number of benzene rings is 2. The molecule has 0 aliphatic carbocycles. The van der Waals surface area contributed by atoms with Gasteiger partial charge in [0, 0.05) is 18.9 Å². The van der Waals surface area contributed by atoms with E-state index in [-0.39, 0.29) is 27.6 Å². The van der Waals surface area contributed by atoms with Crippen molar-refractivity contribution in [1.82, 2.24) is 10.3 Å². The molecular formula is C21H18ClFN2O3S. The van der Waals surface area contributed by atoms with Crippen LogP contribution in [0.5, 0.6) is 0 Å². The summed E-state index contributed by atoms with van der Waals surface area (Å²) in [5.41, 5.74) is 0.874. The average molecular weight is 433 g/mol. The zero-order chi connectivity index (χ0) is 21.0. The molecule has 0 fully saturated rings. The molecule has 1 amide bonds. The largest absolute Gasteiger partial charge is 0.350 e. The van der Waals surface area contributed by atoms with E-state index in [1.807, 2.05) is 0 Å². The highest BCUT2D eigenvalue weighted by Crippen LogP contribution is 2.29. The van der Waals surface area contributed by atoms with Gasteiger partial charge in [0.2, 0.25) is 0 Å². The van der Waals surface area contributed by atoms with Crippen LogP contribution in [0, 0.1) is 12.7 Å². The second-order valence-electron chi connectivity index (χ2n) is 6.42. The molecule has 0 unspecified atom stereocenters. The average Bonchev–Trinajstić information content (AvgIpc) is 2.71. The molecule has 8 heteroatoms. The number of aryl methyl sites for hydroxylation is 1. The van der Waals surface area contributed by atoms with Gasteiger partial charge in [-0.15, -0.1) is 0 Å². The van der Waals surface area contributed by atoms with E-state index in [0.717, 1.165) is 6.07 Å². The lowest BCUT2D eigenvalue weighted by Gasteiger charge is -2.19. The molecule has 1 aromatic heterocycles. The molecule has 1 atom stereocenters. The van der Waals surface area contributed by atoms with Crippen LogP contribution in [-0.2, 0) is 9.84 Å². The van der Waals surface area contributed by atoms with Crippen molar-refractivity contribution in [2.75, 3.05) is 6.54 Å². The van der Waals surface area contributed by atoms with E-state index < -0.39 is 26.8 Å². The smallest absolute Gasteiger partial charge is 0.252 e. The van der Waals surface area contributed by atoms with Gasteiger partial charge < -0.3 is 5.32 Å². The fourth-order valence-electron chi connectivity index (χ4n) is 2.86. The fourth-order valence-corrected chi connectivity index (χ4v) is 4.81. The van der Waals surface area contributed by atoms with Crippen molar-refractivity contribution in [3.05, 3.63) is 94.5 Å². The van der Waals surface area contributed by atoms with E-state index in [9.17, 15) is 17.6 Å². The van der Waals surface area contributed by atoms with Crippen LogP contribution < -0.4 is 5.32 Å². The number of nitrogens with zero attached hydrogens (tertiary/aromatic N) is 1. The summed E-state index contributed by atoms with van der Waals surface area (Å²) in [6, 6.07) is 13.3. The molecule has 5 nitrogen and oxygen atoms in total. The zero-order valence-corrected chi connectivity index (χ0v) is 17.0. The second kappa shape index (κ2) is 8.71. The van der Waals surface area contributed by atoms with Gasteiger partial charge in [0.05, 0.1) is 15.5 Å². The Bertz CT molecular complexity index is 1140. The quantitative estimate of drug-likeness (QED) is 0.594. The van der Waals surface area contributed by atoms with Gasteiger partial charge in [-0.25, -0.2) is 12.8 Å². The van der Waals surface area contributed by atoms with Crippen LogP contribution in [0.3, 0.4) is 0 Å². The van der Waals surface area contributed by atoms with E-state index in [2.05, 4.69) is 10.3 Å². The summed E-state index contributed by atoms with van der Waals surface area (Å²) in [5.74, 6) is -0.983. The highest BCUT2D eigenvalue weighted by atomic mass is 35.5. The molecule has 0 aliphatic rings. The molecule has 29 heavy (non-hydrogen) atoms. The number of aromatic nitrogens is 1. The van der Waals surface area contributed by atoms with Gasteiger partial charge in [-0.1, -0.05) is 29.8 Å². The molecule has 0 bridgehead atoms. The number of amides is 1. The third-order valence-corrected chi connectivity index (χ3v) is 6.88. The Balaban J connectivity index is 1.94. The minimum atomic E-state index is -3.94. The molecule has 1 N–H and O–H groups in total. The number of nitrogens with one attached hydrogen (secondary N) is 1. The molecule has 3 rings (SSSR count). The summed E-state index contributed by atoms with van der Waals surface area (Å²) in [4.78, 5) is 16.5. The number of hydrogen-bond donors (Lipinski definition) is 1. The summed E-state index contributed by atoms with van der Waals surface area (Å²) >= 11 is 6.04. The number of pyridine rings is 1. The van der Waals surface area contributed by atoms with Crippen molar-refractivity contribution in [3.63, 3.8) is 0 Å². The van der Waals surface area contributed by atoms with Crippen LogP contribution in [0.1, 0.15) is 26.7 Å². The maximum absolute atomic E-state index is 13.6. The Hall–Kier alpha value is -2.77. The standard InChI is InChI=1S/C21H18ClFN2O3S/c1-14-11-16(8-9-19(14)23)29(27,28)20(15-5-4-10-24-12-15)13-25-21(26)17-6-2-3-7-18(17)22/h2-12,20H,13H2,1H3,(H,25,26)/t20-/m0/s1. The third kappa shape index (κ3) is 4.63. The minimum absolute atomic E-state index is 0.0303. The molecule has 3 aromatic rings. The normalized spacial score (nSPS) is 12.4. The van der Waals surface area contributed by atoms with Crippen LogP contribution in [0.4, 0.5) is 4.39 Å². The maximum atomic E-state index is 13.6. The summed E-state index contributed by atoms with van der Waals surface area (Å²) in [6.45, 7) is 1.29. The number of rotatable bonds is 6. The van der Waals surface area contributed by atoms with Crippen molar-refractivity contribution in [2.45, 2.75) is 17.1 Å². The highest BCUT2D eigenvalue weighted by Gasteiger charge is 2.30. The van der Waals surface area contributed by atoms with Gasteiger partial charge in [-0.2, -0.15) is 0 Å². The number of sulfone groups is 1. The van der Waals surface area contributed by atoms with Crippen LogP contribution >= 0.6 is 11.6 Å². The first-order valence-electron chi connectivity index (χ1n) is 8.73. The monoisotopic (exact) mass is 432 g/mol. The van der Waals surface area contributed by atoms with Crippen molar-refractivity contribution in [1.29, 1.82) is 0 Å². The second-order valence-corrected chi connectivity index (χ2v) is 8.96. The Kier molecular flexibility index (Phi) is 6.30. The minimum Gasteiger partial charge on any atom is -0.350 e. The SMILES string of the molecule is Cc1cc(S(=O)(=O)[C@@H](CNC(=O)c2ccccc2Cl)c2cccnc2)ccc1F. The summed E-state index contributed by atoms with van der Waals surface area (Å²) < 4.78 is 40.2. The number of halogens is 2. The van der Waals surface area contributed by atoms with Crippen molar-refractivity contribution < 1.29 is 17.6 Å². The van der Waals surface area contributed by atoms with Gasteiger partial charge in [-0.3, -0.25) is 9.78 Å². The first kappa shape index (κ1) is 21.0. The number of hydrogen-bond acceptors (Lipinski definition) is 4. The Morgan fingerprint density at radius 1 is 1.17 bits per heavy atom. The lowest BCUT2D eigenvalue weighted by atomic mass is 10.2. The Morgan fingerprint density at radius 2 is 1.93 bits per heavy atom. The van der Waals surface area contributed by atoms with E-state index in [0.29, 0.717) is 5.56 Å². The van der Waals surface area contributed by atoms with Gasteiger partial charge in [0.25, 0.3) is 5.91 Å². The predicted octanol–water partition coefficient (Wildman–Crippen LogP) is 4.13. The highest BCUT2D eigenvalue weighted by molar-refractivity contribution is 7.91. The molecule has 2 aromatic carbocycles. The summed E-state index contributed by atoms with van der Waals surface area (Å²) in [6.07, 6.45) is 2.96. The van der Waals surface area contributed by atoms with Crippen LogP contribution in [0.15, 0.2) is 71.9 Å². The summed E-state index contributed by atoms with van der Waals surface area (Å²) in [5, 5.41) is 1.80. The van der Waals surface area contributed by atoms with E-state index >= 15 is 0 Å². The molecule has 0 aliphatic heterocycles. The first-order chi connectivity index (χ1) is 13.8. The molecule has 150 valence electrons. The van der Waals surface area contributed by atoms with E-state index in [1.54, 1.807) is 36.4 Å². The number of carbonyl (C=O) groups is 1. The van der Waals surface area contributed by atoms with Crippen LogP contribution in [0.2, 0.25) is 5.02 Å². The van der Waals surface area contributed by atoms with Gasteiger partial charge >= 0.3 is 0 Å². The van der Waals surface area contributed by atoms with E-state index in [1.165, 1.54) is 31.5 Å². The van der Waals surface area contributed by atoms with Gasteiger partial charge in [-0.05, 0) is 54.4 Å². The van der Waals surface area contributed by atoms with Gasteiger partial charge in [0.15, 0.2) is 9.84 Å². The Morgan fingerprint density at radius 3 is 2.59 bits per heavy atom. The van der Waals surface area contributed by atoms with Crippen LogP contribution in [0.25, 0.3) is 0 Å². The van der Waals surface area contributed by atoms with E-state index in [4.69, 9.17) is 11.6 Å². The van der Waals surface area contributed by atoms with Crippen molar-refractivity contribution in [2.24, 2.45) is 0 Å². The lowest BCUT2D eigenvalue weighted by molar-refractivity contribution is 0.0954. The van der Waals surface area contributed by atoms with Crippen LogP contribution in [-0.4, -0.2) is 25.9 Å². The Labute approximate surface area is 173 Å². The summed E-state index contributed by atoms with van der Waals surface area (Å²) in [7, 11) is -3.94. The third-order valence-electron chi connectivity index (χ3n) is 4.46. The maximum Gasteiger partial charge on any atom is 0.252 e. The van der Waals surface area contributed by atoms with Gasteiger partial charge in [0.1, 0.15) is 11.1 Å². The van der Waals surface area contributed by atoms with Crippen molar-refractivity contribution in [3.8, 4) is 0 Å². The molecule has 1 heterocycles. The molecule has 0 saturated heterocycles. The molecule has 0 saturated carbocycles. The molecule has 0 spiro atoms. The zero-order valence-electron chi connectivity index (χ0n) is 15.5. The molecule has 0 radical (unpaired) electrons. The molecular weight excluding hydrogens is 415 g/mol. The topological polar surface area (TPSA) is 76.1 Å². The fraction of sp³-hybridized carbons (Fsp3) is 0.143.